The second-order valence-corrected chi connectivity index (χ2v) is 7.34. The number of rotatable bonds is 2. The van der Waals surface area contributed by atoms with Crippen LogP contribution in [0.2, 0.25) is 0 Å². The largest absolute Gasteiger partial charge is 0.383 e. The van der Waals surface area contributed by atoms with Crippen molar-refractivity contribution in [3.63, 3.8) is 0 Å². The molecule has 0 aliphatic carbocycles. The molecule has 5 nitrogen and oxygen atoms in total. The molecule has 1 aromatic heterocycles. The SMILES string of the molecule is CC(C)(C)c1ccc(S(=O)(=O)c2cn[nH]c2N)cc1. The van der Waals surface area contributed by atoms with Crippen molar-refractivity contribution in [3.05, 3.63) is 36.0 Å². The van der Waals surface area contributed by atoms with Crippen LogP contribution < -0.4 is 5.73 Å². The van der Waals surface area contributed by atoms with Gasteiger partial charge in [-0.2, -0.15) is 5.10 Å². The van der Waals surface area contributed by atoms with Gasteiger partial charge in [0.1, 0.15) is 10.7 Å². The van der Waals surface area contributed by atoms with Gasteiger partial charge in [-0.05, 0) is 23.1 Å². The fourth-order valence-corrected chi connectivity index (χ4v) is 3.04. The lowest BCUT2D eigenvalue weighted by molar-refractivity contribution is 0.586. The van der Waals surface area contributed by atoms with Gasteiger partial charge >= 0.3 is 0 Å². The molecule has 1 heterocycles. The number of nitrogens with one attached hydrogen (secondary N) is 1. The van der Waals surface area contributed by atoms with E-state index in [4.69, 9.17) is 5.73 Å². The van der Waals surface area contributed by atoms with Gasteiger partial charge in [0.25, 0.3) is 0 Å². The van der Waals surface area contributed by atoms with E-state index in [0.29, 0.717) is 0 Å². The topological polar surface area (TPSA) is 88.8 Å². The molecule has 6 heteroatoms. The van der Waals surface area contributed by atoms with Gasteiger partial charge in [-0.15, -0.1) is 0 Å². The number of nitrogens with zero attached hydrogens (tertiary/aromatic N) is 1. The van der Waals surface area contributed by atoms with E-state index in [1.165, 1.54) is 6.20 Å². The minimum atomic E-state index is -3.61. The van der Waals surface area contributed by atoms with Gasteiger partial charge in [-0.25, -0.2) is 8.42 Å². The second-order valence-electron chi connectivity index (χ2n) is 5.43. The molecule has 1 aromatic carbocycles. The Morgan fingerprint density at radius 2 is 1.74 bits per heavy atom. The fourth-order valence-electron chi connectivity index (χ4n) is 1.76. The number of hydrogen-bond donors (Lipinski definition) is 2. The normalized spacial score (nSPS) is 12.6. The molecule has 3 N–H and O–H groups in total. The standard InChI is InChI=1S/C13H17N3O2S/c1-13(2,3)9-4-6-10(7-5-9)19(17,18)11-8-15-16-12(11)14/h4-8H,1-3H3,(H3,14,15,16). The van der Waals surface area contributed by atoms with Gasteiger partial charge in [0.2, 0.25) is 9.84 Å². The summed E-state index contributed by atoms with van der Waals surface area (Å²) in [7, 11) is -3.61. The molecule has 0 radical (unpaired) electrons. The predicted octanol–water partition coefficient (Wildman–Crippen LogP) is 2.12. The van der Waals surface area contributed by atoms with E-state index in [2.05, 4.69) is 31.0 Å². The summed E-state index contributed by atoms with van der Waals surface area (Å²) in [5.74, 6) is 0.0555. The Morgan fingerprint density at radius 3 is 2.16 bits per heavy atom. The van der Waals surface area contributed by atoms with Gasteiger partial charge in [0.05, 0.1) is 11.1 Å². The number of benzene rings is 1. The summed E-state index contributed by atoms with van der Waals surface area (Å²) in [5.41, 5.74) is 6.62. The zero-order chi connectivity index (χ0) is 14.3. The first-order valence-electron chi connectivity index (χ1n) is 5.87. The maximum Gasteiger partial charge on any atom is 0.211 e. The molecule has 2 aromatic rings. The highest BCUT2D eigenvalue weighted by atomic mass is 32.2. The number of nitrogen functional groups attached to an aromatic ring is 1. The van der Waals surface area contributed by atoms with Crippen LogP contribution in [-0.4, -0.2) is 18.6 Å². The molecule has 0 saturated heterocycles. The molecular weight excluding hydrogens is 262 g/mol. The third kappa shape index (κ3) is 2.49. The number of aromatic amines is 1. The van der Waals surface area contributed by atoms with Crippen molar-refractivity contribution in [1.82, 2.24) is 10.2 Å². The molecule has 0 amide bonds. The van der Waals surface area contributed by atoms with Crippen LogP contribution in [-0.2, 0) is 15.3 Å². The van der Waals surface area contributed by atoms with Crippen LogP contribution in [0.4, 0.5) is 5.82 Å². The van der Waals surface area contributed by atoms with Crippen LogP contribution in [0.25, 0.3) is 0 Å². The first-order valence-corrected chi connectivity index (χ1v) is 7.36. The van der Waals surface area contributed by atoms with Crippen molar-refractivity contribution < 1.29 is 8.42 Å². The van der Waals surface area contributed by atoms with Gasteiger partial charge in [-0.3, -0.25) is 5.10 Å². The molecule has 0 aliphatic rings. The molecule has 0 atom stereocenters. The lowest BCUT2D eigenvalue weighted by Gasteiger charge is -2.19. The average Bonchev–Trinajstić information content (AvgIpc) is 2.75. The van der Waals surface area contributed by atoms with Crippen LogP contribution in [0, 0.1) is 0 Å². The van der Waals surface area contributed by atoms with E-state index in [1.807, 2.05) is 12.1 Å². The molecule has 0 bridgehead atoms. The second kappa shape index (κ2) is 4.38. The Bertz CT molecular complexity index is 679. The molecular formula is C13H17N3O2S. The zero-order valence-electron chi connectivity index (χ0n) is 11.1. The minimum absolute atomic E-state index is 0.0102. The van der Waals surface area contributed by atoms with Crippen molar-refractivity contribution in [1.29, 1.82) is 0 Å². The van der Waals surface area contributed by atoms with E-state index >= 15 is 0 Å². The smallest absolute Gasteiger partial charge is 0.211 e. The van der Waals surface area contributed by atoms with Gasteiger partial charge in [0, 0.05) is 0 Å². The van der Waals surface area contributed by atoms with Crippen LogP contribution in [0.3, 0.4) is 0 Å². The van der Waals surface area contributed by atoms with Crippen LogP contribution >= 0.6 is 0 Å². The van der Waals surface area contributed by atoms with Crippen LogP contribution in [0.15, 0.2) is 40.3 Å². The zero-order valence-corrected chi connectivity index (χ0v) is 12.0. The van der Waals surface area contributed by atoms with Crippen molar-refractivity contribution >= 4 is 15.7 Å². The Kier molecular flexibility index (Phi) is 3.14. The monoisotopic (exact) mass is 279 g/mol. The van der Waals surface area contributed by atoms with E-state index in [0.717, 1.165) is 5.56 Å². The number of H-pyrrole nitrogens is 1. The van der Waals surface area contributed by atoms with Crippen LogP contribution in [0.1, 0.15) is 26.3 Å². The molecule has 0 saturated carbocycles. The van der Waals surface area contributed by atoms with Gasteiger partial charge in [-0.1, -0.05) is 32.9 Å². The molecule has 2 rings (SSSR count). The molecule has 0 aliphatic heterocycles. The number of anilines is 1. The molecule has 102 valence electrons. The quantitative estimate of drug-likeness (QED) is 0.881. The van der Waals surface area contributed by atoms with Crippen molar-refractivity contribution in [3.8, 4) is 0 Å². The fraction of sp³-hybridized carbons (Fsp3) is 0.308. The maximum atomic E-state index is 12.3. The summed E-state index contributed by atoms with van der Waals surface area (Å²) in [6, 6.07) is 6.84. The van der Waals surface area contributed by atoms with Gasteiger partial charge in [0.15, 0.2) is 0 Å². The average molecular weight is 279 g/mol. The third-order valence-corrected chi connectivity index (χ3v) is 4.75. The van der Waals surface area contributed by atoms with Crippen LogP contribution in [0.5, 0.6) is 0 Å². The number of sulfone groups is 1. The van der Waals surface area contributed by atoms with E-state index in [9.17, 15) is 8.42 Å². The highest BCUT2D eigenvalue weighted by Crippen LogP contribution is 2.27. The lowest BCUT2D eigenvalue weighted by Crippen LogP contribution is -2.11. The summed E-state index contributed by atoms with van der Waals surface area (Å²) in [6.07, 6.45) is 1.22. The van der Waals surface area contributed by atoms with Crippen molar-refractivity contribution in [2.24, 2.45) is 0 Å². The number of hydrogen-bond acceptors (Lipinski definition) is 4. The lowest BCUT2D eigenvalue weighted by atomic mass is 9.87. The summed E-state index contributed by atoms with van der Waals surface area (Å²) in [4.78, 5) is 0.226. The summed E-state index contributed by atoms with van der Waals surface area (Å²) in [6.45, 7) is 6.22. The Balaban J connectivity index is 2.46. The number of aromatic nitrogens is 2. The summed E-state index contributed by atoms with van der Waals surface area (Å²) >= 11 is 0. The van der Waals surface area contributed by atoms with Gasteiger partial charge < -0.3 is 5.73 Å². The Hall–Kier alpha value is -1.82. The minimum Gasteiger partial charge on any atom is -0.383 e. The Labute approximate surface area is 112 Å². The van der Waals surface area contributed by atoms with E-state index in [1.54, 1.807) is 12.1 Å². The molecule has 19 heavy (non-hydrogen) atoms. The summed E-state index contributed by atoms with van der Waals surface area (Å²) in [5, 5.41) is 6.07. The van der Waals surface area contributed by atoms with E-state index < -0.39 is 9.84 Å². The predicted molar refractivity (Wildman–Crippen MR) is 73.6 cm³/mol. The molecule has 0 fully saturated rings. The van der Waals surface area contributed by atoms with Crippen molar-refractivity contribution in [2.75, 3.05) is 5.73 Å². The number of nitrogens with two attached hydrogens (primary N) is 1. The van der Waals surface area contributed by atoms with E-state index in [-0.39, 0.29) is 21.0 Å². The highest BCUT2D eigenvalue weighted by Gasteiger charge is 2.23. The van der Waals surface area contributed by atoms with Crippen molar-refractivity contribution in [2.45, 2.75) is 36.0 Å². The third-order valence-electron chi connectivity index (χ3n) is 2.95. The maximum absolute atomic E-state index is 12.3. The Morgan fingerprint density at radius 1 is 1.16 bits per heavy atom. The molecule has 0 unspecified atom stereocenters. The first kappa shape index (κ1) is 13.6. The first-order chi connectivity index (χ1) is 8.73. The highest BCUT2D eigenvalue weighted by molar-refractivity contribution is 7.91. The summed E-state index contributed by atoms with van der Waals surface area (Å²) < 4.78 is 24.7. The molecule has 0 spiro atoms.